The minimum absolute atomic E-state index is 0.195. The van der Waals surface area contributed by atoms with Crippen molar-refractivity contribution in [2.24, 2.45) is 0 Å². The Hall–Kier alpha value is -0.610. The second kappa shape index (κ2) is 9.93. The molecule has 1 unspecified atom stereocenters. The van der Waals surface area contributed by atoms with Gasteiger partial charge in [-0.25, -0.2) is 0 Å². The van der Waals surface area contributed by atoms with Crippen LogP contribution in [0, 0.1) is 0 Å². The molecule has 15 heavy (non-hydrogen) atoms. The molecule has 0 aliphatic heterocycles. The lowest BCUT2D eigenvalue weighted by atomic mass is 10.2. The van der Waals surface area contributed by atoms with E-state index >= 15 is 0 Å². The van der Waals surface area contributed by atoms with Crippen LogP contribution in [-0.4, -0.2) is 36.9 Å². The minimum Gasteiger partial charge on any atom is -0.465 e. The Balaban J connectivity index is 3.36. The summed E-state index contributed by atoms with van der Waals surface area (Å²) in [5.74, 6) is -0.195. The Morgan fingerprint density at radius 2 is 2.20 bits per heavy atom. The van der Waals surface area contributed by atoms with Gasteiger partial charge in [0.25, 0.3) is 0 Å². The lowest BCUT2D eigenvalue weighted by molar-refractivity contribution is -0.142. The minimum atomic E-state index is -0.195. The van der Waals surface area contributed by atoms with Crippen molar-refractivity contribution in [3.8, 4) is 0 Å². The highest BCUT2D eigenvalue weighted by Crippen LogP contribution is 1.95. The van der Waals surface area contributed by atoms with Crippen LogP contribution < -0.4 is 5.32 Å². The Kier molecular flexibility index (Phi) is 9.52. The zero-order chi connectivity index (χ0) is 11.5. The van der Waals surface area contributed by atoms with Gasteiger partial charge in [-0.15, -0.1) is 0 Å². The van der Waals surface area contributed by atoms with Crippen LogP contribution in [0.2, 0.25) is 0 Å². The highest BCUT2D eigenvalue weighted by molar-refractivity contribution is 5.71. The molecule has 0 aromatic carbocycles. The maximum Gasteiger partial charge on any atom is 0.319 e. The van der Waals surface area contributed by atoms with Gasteiger partial charge < -0.3 is 15.2 Å². The Morgan fingerprint density at radius 1 is 1.47 bits per heavy atom. The molecule has 4 nitrogen and oxygen atoms in total. The molecular weight excluding hydrogens is 194 g/mol. The summed E-state index contributed by atoms with van der Waals surface area (Å²) in [6.07, 6.45) is 3.59. The molecule has 0 spiro atoms. The van der Waals surface area contributed by atoms with Gasteiger partial charge in [0.05, 0.1) is 13.2 Å². The third kappa shape index (κ3) is 9.69. The topological polar surface area (TPSA) is 58.6 Å². The molecule has 0 amide bonds. The monoisotopic (exact) mass is 217 g/mol. The number of carbonyl (C=O) groups is 1. The zero-order valence-electron chi connectivity index (χ0n) is 9.79. The molecule has 0 bridgehead atoms. The van der Waals surface area contributed by atoms with Gasteiger partial charge in [-0.05, 0) is 26.2 Å². The van der Waals surface area contributed by atoms with Gasteiger partial charge in [-0.1, -0.05) is 13.3 Å². The van der Waals surface area contributed by atoms with Crippen molar-refractivity contribution in [3.05, 3.63) is 0 Å². The molecule has 0 radical (unpaired) electrons. The summed E-state index contributed by atoms with van der Waals surface area (Å²) in [6.45, 7) is 5.03. The molecular formula is C11H23NO3. The molecule has 90 valence electrons. The smallest absolute Gasteiger partial charge is 0.319 e. The van der Waals surface area contributed by atoms with Crippen LogP contribution >= 0.6 is 0 Å². The van der Waals surface area contributed by atoms with Crippen LogP contribution in [0.5, 0.6) is 0 Å². The quantitative estimate of drug-likeness (QED) is 0.448. The highest BCUT2D eigenvalue weighted by atomic mass is 16.5. The lowest BCUT2D eigenvalue weighted by Gasteiger charge is -2.12. The predicted octanol–water partition coefficient (Wildman–Crippen LogP) is 1.08. The molecule has 2 N–H and O–H groups in total. The molecule has 0 rings (SSSR count). The average molecular weight is 217 g/mol. The third-order valence-electron chi connectivity index (χ3n) is 2.15. The van der Waals surface area contributed by atoms with Gasteiger partial charge >= 0.3 is 5.97 Å². The van der Waals surface area contributed by atoms with E-state index in [9.17, 15) is 4.79 Å². The van der Waals surface area contributed by atoms with Gasteiger partial charge in [0.1, 0.15) is 0 Å². The van der Waals surface area contributed by atoms with Crippen LogP contribution in [0.15, 0.2) is 0 Å². The standard InChI is InChI=1S/C11H23NO3/c1-3-4-8-15-11(14)9-12-10(2)6-5-7-13/h10,12-13H,3-9H2,1-2H3. The van der Waals surface area contributed by atoms with E-state index in [0.717, 1.165) is 25.7 Å². The van der Waals surface area contributed by atoms with E-state index in [0.29, 0.717) is 6.61 Å². The first-order valence-electron chi connectivity index (χ1n) is 5.70. The second-order valence-corrected chi connectivity index (χ2v) is 3.72. The normalized spacial score (nSPS) is 12.5. The summed E-state index contributed by atoms with van der Waals surface area (Å²) < 4.78 is 4.99. The van der Waals surface area contributed by atoms with Crippen molar-refractivity contribution in [3.63, 3.8) is 0 Å². The van der Waals surface area contributed by atoms with Crippen LogP contribution in [-0.2, 0) is 9.53 Å². The van der Waals surface area contributed by atoms with E-state index < -0.39 is 0 Å². The number of nitrogens with one attached hydrogen (secondary N) is 1. The lowest BCUT2D eigenvalue weighted by Crippen LogP contribution is -2.32. The number of aliphatic hydroxyl groups is 1. The van der Waals surface area contributed by atoms with E-state index in [4.69, 9.17) is 9.84 Å². The number of hydrogen-bond acceptors (Lipinski definition) is 4. The fraction of sp³-hybridized carbons (Fsp3) is 0.909. The number of unbranched alkanes of at least 4 members (excludes halogenated alkanes) is 1. The van der Waals surface area contributed by atoms with Crippen molar-refractivity contribution < 1.29 is 14.6 Å². The number of rotatable bonds is 9. The van der Waals surface area contributed by atoms with E-state index in [1.54, 1.807) is 0 Å². The summed E-state index contributed by atoms with van der Waals surface area (Å²) >= 11 is 0. The first-order valence-corrected chi connectivity index (χ1v) is 5.70. The maximum atomic E-state index is 11.2. The summed E-state index contributed by atoms with van der Waals surface area (Å²) in [6, 6.07) is 0.246. The number of hydrogen-bond donors (Lipinski definition) is 2. The molecule has 0 aliphatic carbocycles. The predicted molar refractivity (Wildman–Crippen MR) is 59.7 cm³/mol. The van der Waals surface area contributed by atoms with Gasteiger partial charge in [-0.2, -0.15) is 0 Å². The fourth-order valence-corrected chi connectivity index (χ4v) is 1.14. The molecule has 4 heteroatoms. The van der Waals surface area contributed by atoms with Gasteiger partial charge in [0, 0.05) is 12.6 Å². The molecule has 0 aliphatic rings. The molecule has 0 aromatic heterocycles. The van der Waals surface area contributed by atoms with Gasteiger partial charge in [0.15, 0.2) is 0 Å². The van der Waals surface area contributed by atoms with Crippen molar-refractivity contribution in [1.82, 2.24) is 5.32 Å². The Bertz CT molecular complexity index is 162. The van der Waals surface area contributed by atoms with Crippen LogP contribution in [0.3, 0.4) is 0 Å². The van der Waals surface area contributed by atoms with Crippen molar-refractivity contribution in [2.75, 3.05) is 19.8 Å². The largest absolute Gasteiger partial charge is 0.465 e. The van der Waals surface area contributed by atoms with Crippen LogP contribution in [0.25, 0.3) is 0 Å². The molecule has 0 heterocycles. The van der Waals surface area contributed by atoms with Gasteiger partial charge in [0.2, 0.25) is 0 Å². The number of esters is 1. The maximum absolute atomic E-state index is 11.2. The molecule has 1 atom stereocenters. The van der Waals surface area contributed by atoms with Crippen LogP contribution in [0.1, 0.15) is 39.5 Å². The van der Waals surface area contributed by atoms with Crippen LogP contribution in [0.4, 0.5) is 0 Å². The zero-order valence-corrected chi connectivity index (χ0v) is 9.79. The fourth-order valence-electron chi connectivity index (χ4n) is 1.14. The SMILES string of the molecule is CCCCOC(=O)CNC(C)CCCO. The second-order valence-electron chi connectivity index (χ2n) is 3.72. The summed E-state index contributed by atoms with van der Waals surface area (Å²) in [7, 11) is 0. The summed E-state index contributed by atoms with van der Waals surface area (Å²) in [5, 5.41) is 11.7. The molecule has 0 saturated heterocycles. The highest BCUT2D eigenvalue weighted by Gasteiger charge is 2.05. The summed E-state index contributed by atoms with van der Waals surface area (Å²) in [4.78, 5) is 11.2. The van der Waals surface area contributed by atoms with E-state index in [2.05, 4.69) is 12.2 Å². The van der Waals surface area contributed by atoms with Crippen molar-refractivity contribution >= 4 is 5.97 Å². The van der Waals surface area contributed by atoms with Crippen molar-refractivity contribution in [2.45, 2.75) is 45.6 Å². The van der Waals surface area contributed by atoms with Gasteiger partial charge in [-0.3, -0.25) is 4.79 Å². The first kappa shape index (κ1) is 14.4. The number of aliphatic hydroxyl groups excluding tert-OH is 1. The first-order chi connectivity index (χ1) is 7.20. The Labute approximate surface area is 92.0 Å². The summed E-state index contributed by atoms with van der Waals surface area (Å²) in [5.41, 5.74) is 0. The van der Waals surface area contributed by atoms with E-state index in [1.165, 1.54) is 0 Å². The molecule has 0 aromatic rings. The number of ether oxygens (including phenoxy) is 1. The average Bonchev–Trinajstić information content (AvgIpc) is 2.24. The number of carbonyl (C=O) groups excluding carboxylic acids is 1. The Morgan fingerprint density at radius 3 is 2.80 bits per heavy atom. The van der Waals surface area contributed by atoms with E-state index in [-0.39, 0.29) is 25.2 Å². The third-order valence-corrected chi connectivity index (χ3v) is 2.15. The van der Waals surface area contributed by atoms with Crippen molar-refractivity contribution in [1.29, 1.82) is 0 Å². The molecule has 0 saturated carbocycles. The molecule has 0 fully saturated rings. The van der Waals surface area contributed by atoms with E-state index in [1.807, 2.05) is 6.92 Å².